The van der Waals surface area contributed by atoms with E-state index in [0.29, 0.717) is 6.54 Å². The fourth-order valence-electron chi connectivity index (χ4n) is 2.61. The molecule has 0 aliphatic heterocycles. The third-order valence-electron chi connectivity index (χ3n) is 4.08. The molecule has 0 fully saturated rings. The van der Waals surface area contributed by atoms with Crippen molar-refractivity contribution in [3.63, 3.8) is 0 Å². The summed E-state index contributed by atoms with van der Waals surface area (Å²) in [6, 6.07) is 25.4. The number of benzene rings is 3. The van der Waals surface area contributed by atoms with Crippen LogP contribution in [0.1, 0.15) is 11.1 Å². The van der Waals surface area contributed by atoms with Gasteiger partial charge in [-0.15, -0.1) is 0 Å². The van der Waals surface area contributed by atoms with Gasteiger partial charge in [-0.05, 0) is 48.9 Å². The maximum Gasteiger partial charge on any atom is 0.326 e. The van der Waals surface area contributed by atoms with Crippen LogP contribution in [0.15, 0.2) is 89.4 Å². The molecule has 3 aromatic carbocycles. The number of nitrogens with zero attached hydrogens (tertiary/aromatic N) is 1. The lowest BCUT2D eigenvalue weighted by atomic mass is 10.2. The molecule has 0 aliphatic carbocycles. The normalized spacial score (nSPS) is 10.7. The monoisotopic (exact) mass is 420 g/mol. The summed E-state index contributed by atoms with van der Waals surface area (Å²) in [5.41, 5.74) is 3.88. The summed E-state index contributed by atoms with van der Waals surface area (Å²) >= 11 is 3.41. The van der Waals surface area contributed by atoms with Crippen LogP contribution in [0.5, 0.6) is 0 Å². The van der Waals surface area contributed by atoms with Crippen LogP contribution in [-0.4, -0.2) is 12.6 Å². The summed E-state index contributed by atoms with van der Waals surface area (Å²) in [5, 5.41) is 2.96. The number of aryl methyl sites for hydroxylation is 1. The summed E-state index contributed by atoms with van der Waals surface area (Å²) in [7, 11) is 0. The Morgan fingerprint density at radius 3 is 2.30 bits per heavy atom. The molecule has 4 heteroatoms. The first kappa shape index (κ1) is 18.9. The van der Waals surface area contributed by atoms with E-state index in [1.54, 1.807) is 4.90 Å². The first-order chi connectivity index (χ1) is 13.1. The second kappa shape index (κ2) is 9.19. The minimum Gasteiger partial charge on any atom is -0.308 e. The maximum absolute atomic E-state index is 12.9. The molecule has 0 atom stereocenters. The zero-order valence-corrected chi connectivity index (χ0v) is 16.7. The highest BCUT2D eigenvalue weighted by atomic mass is 79.9. The lowest BCUT2D eigenvalue weighted by Crippen LogP contribution is -2.35. The summed E-state index contributed by atoms with van der Waals surface area (Å²) in [6.45, 7) is 2.51. The highest BCUT2D eigenvalue weighted by Crippen LogP contribution is 2.19. The molecule has 1 N–H and O–H groups in total. The van der Waals surface area contributed by atoms with Gasteiger partial charge in [0.2, 0.25) is 0 Å². The Morgan fingerprint density at radius 2 is 1.63 bits per heavy atom. The Kier molecular flexibility index (Phi) is 6.44. The van der Waals surface area contributed by atoms with E-state index in [9.17, 15) is 4.79 Å². The molecule has 0 saturated heterocycles. The molecule has 3 nitrogen and oxygen atoms in total. The zero-order chi connectivity index (χ0) is 19.1. The van der Waals surface area contributed by atoms with Crippen LogP contribution in [0, 0.1) is 6.92 Å². The van der Waals surface area contributed by atoms with Gasteiger partial charge in [0.1, 0.15) is 0 Å². The minimum atomic E-state index is -0.168. The fourth-order valence-corrected chi connectivity index (χ4v) is 2.88. The number of nitrogens with one attached hydrogen (secondary N) is 1. The number of urea groups is 1. The Labute approximate surface area is 168 Å². The van der Waals surface area contributed by atoms with E-state index in [1.807, 2.05) is 97.9 Å². The standard InChI is InChI=1S/C23H21BrN2O/c1-18-9-15-22(16-10-18)26(17-5-8-19-6-3-2-4-7-19)23(27)25-21-13-11-20(24)12-14-21/h2-16H,17H2,1H3,(H,25,27)/b8-5+. The van der Waals surface area contributed by atoms with Gasteiger partial charge in [-0.1, -0.05) is 76.1 Å². The number of hydrogen-bond acceptors (Lipinski definition) is 1. The van der Waals surface area contributed by atoms with E-state index in [0.717, 1.165) is 27.0 Å². The SMILES string of the molecule is Cc1ccc(N(C/C=C/c2ccccc2)C(=O)Nc2ccc(Br)cc2)cc1. The second-order valence-electron chi connectivity index (χ2n) is 6.20. The summed E-state index contributed by atoms with van der Waals surface area (Å²) < 4.78 is 0.974. The van der Waals surface area contributed by atoms with Gasteiger partial charge in [-0.25, -0.2) is 4.79 Å². The molecule has 0 unspecified atom stereocenters. The van der Waals surface area contributed by atoms with E-state index in [1.165, 1.54) is 0 Å². The van der Waals surface area contributed by atoms with Gasteiger partial charge in [0.15, 0.2) is 0 Å². The average molecular weight is 421 g/mol. The molecular formula is C23H21BrN2O. The van der Waals surface area contributed by atoms with Crippen molar-refractivity contribution in [2.45, 2.75) is 6.92 Å². The number of rotatable bonds is 5. The number of halogens is 1. The van der Waals surface area contributed by atoms with Gasteiger partial charge >= 0.3 is 6.03 Å². The zero-order valence-electron chi connectivity index (χ0n) is 15.1. The Balaban J connectivity index is 1.78. The third kappa shape index (κ3) is 5.56. The lowest BCUT2D eigenvalue weighted by Gasteiger charge is -2.22. The van der Waals surface area contributed by atoms with Crippen LogP contribution >= 0.6 is 15.9 Å². The van der Waals surface area contributed by atoms with E-state index in [2.05, 4.69) is 21.2 Å². The highest BCUT2D eigenvalue weighted by molar-refractivity contribution is 9.10. The van der Waals surface area contributed by atoms with E-state index >= 15 is 0 Å². The Bertz CT molecular complexity index is 903. The molecule has 0 radical (unpaired) electrons. The van der Waals surface area contributed by atoms with Crippen molar-refractivity contribution in [1.82, 2.24) is 0 Å². The van der Waals surface area contributed by atoms with Crippen molar-refractivity contribution < 1.29 is 4.79 Å². The van der Waals surface area contributed by atoms with Gasteiger partial charge in [-0.2, -0.15) is 0 Å². The fraction of sp³-hybridized carbons (Fsp3) is 0.0870. The Hall–Kier alpha value is -2.85. The second-order valence-corrected chi connectivity index (χ2v) is 7.11. The molecule has 0 aromatic heterocycles. The summed E-state index contributed by atoms with van der Waals surface area (Å²) in [6.07, 6.45) is 4.02. The van der Waals surface area contributed by atoms with E-state index in [4.69, 9.17) is 0 Å². The summed E-state index contributed by atoms with van der Waals surface area (Å²) in [4.78, 5) is 14.6. The largest absolute Gasteiger partial charge is 0.326 e. The van der Waals surface area contributed by atoms with Gasteiger partial charge in [0.25, 0.3) is 0 Å². The highest BCUT2D eigenvalue weighted by Gasteiger charge is 2.14. The molecule has 136 valence electrons. The molecule has 2 amide bonds. The Morgan fingerprint density at radius 1 is 0.963 bits per heavy atom. The lowest BCUT2D eigenvalue weighted by molar-refractivity contribution is 0.257. The van der Waals surface area contributed by atoms with Crippen LogP contribution in [0.25, 0.3) is 6.08 Å². The van der Waals surface area contributed by atoms with Gasteiger partial charge in [-0.3, -0.25) is 4.90 Å². The molecule has 0 bridgehead atoms. The van der Waals surface area contributed by atoms with Gasteiger partial charge in [0, 0.05) is 22.4 Å². The van der Waals surface area contributed by atoms with Gasteiger partial charge in [0.05, 0.1) is 0 Å². The maximum atomic E-state index is 12.9. The quantitative estimate of drug-likeness (QED) is 0.501. The van der Waals surface area contributed by atoms with Crippen LogP contribution in [0.3, 0.4) is 0 Å². The van der Waals surface area contributed by atoms with E-state index < -0.39 is 0 Å². The average Bonchev–Trinajstić information content (AvgIpc) is 2.69. The first-order valence-corrected chi connectivity index (χ1v) is 9.53. The summed E-state index contributed by atoms with van der Waals surface area (Å²) in [5.74, 6) is 0. The number of hydrogen-bond donors (Lipinski definition) is 1. The van der Waals surface area contributed by atoms with Crippen molar-refractivity contribution in [2.75, 3.05) is 16.8 Å². The van der Waals surface area contributed by atoms with Crippen LogP contribution < -0.4 is 10.2 Å². The molecular weight excluding hydrogens is 400 g/mol. The van der Waals surface area contributed by atoms with Crippen LogP contribution in [0.4, 0.5) is 16.2 Å². The molecule has 27 heavy (non-hydrogen) atoms. The van der Waals surface area contributed by atoms with Crippen molar-refractivity contribution in [3.05, 3.63) is 101 Å². The number of amides is 2. The van der Waals surface area contributed by atoms with Crippen molar-refractivity contribution >= 4 is 39.4 Å². The van der Waals surface area contributed by atoms with Crippen LogP contribution in [0.2, 0.25) is 0 Å². The topological polar surface area (TPSA) is 32.3 Å². The first-order valence-electron chi connectivity index (χ1n) is 8.74. The number of anilines is 2. The number of carbonyl (C=O) groups is 1. The van der Waals surface area contributed by atoms with E-state index in [-0.39, 0.29) is 6.03 Å². The van der Waals surface area contributed by atoms with Gasteiger partial charge < -0.3 is 5.32 Å². The molecule has 0 heterocycles. The number of carbonyl (C=O) groups excluding carboxylic acids is 1. The minimum absolute atomic E-state index is 0.168. The van der Waals surface area contributed by atoms with Crippen molar-refractivity contribution in [2.24, 2.45) is 0 Å². The smallest absolute Gasteiger partial charge is 0.308 e. The molecule has 3 rings (SSSR count). The predicted molar refractivity (Wildman–Crippen MR) is 117 cm³/mol. The predicted octanol–water partition coefficient (Wildman–Crippen LogP) is 6.51. The van der Waals surface area contributed by atoms with Crippen LogP contribution in [-0.2, 0) is 0 Å². The van der Waals surface area contributed by atoms with Crippen molar-refractivity contribution in [3.8, 4) is 0 Å². The molecule has 0 aliphatic rings. The van der Waals surface area contributed by atoms with Crippen molar-refractivity contribution in [1.29, 1.82) is 0 Å². The molecule has 3 aromatic rings. The molecule has 0 saturated carbocycles. The molecule has 0 spiro atoms. The third-order valence-corrected chi connectivity index (χ3v) is 4.61.